The molecule has 0 bridgehead atoms. The van der Waals surface area contributed by atoms with Gasteiger partial charge in [0.1, 0.15) is 0 Å². The molecule has 0 rings (SSSR count). The number of nitrogens with zero attached hydrogens (tertiary/aromatic N) is 1. The molecule has 0 amide bonds. The van der Waals surface area contributed by atoms with Crippen LogP contribution in [0.4, 0.5) is 0 Å². The van der Waals surface area contributed by atoms with E-state index in [0.717, 1.165) is 0 Å². The number of nitriles is 1. The van der Waals surface area contributed by atoms with Gasteiger partial charge in [0.2, 0.25) is 0 Å². The first-order chi connectivity index (χ1) is 2.27. The molecular weight excluding hydrogens is 62.1 g/mol. The number of hydrogen-bond acceptors (Lipinski definition) is 1. The third kappa shape index (κ3) is 3.49. The van der Waals surface area contributed by atoms with Crippen molar-refractivity contribution in [2.24, 2.45) is 5.92 Å². The van der Waals surface area contributed by atoms with Crippen molar-refractivity contribution < 1.29 is 0 Å². The SMILES string of the molecule is [CH2]C(C)C#N. The van der Waals surface area contributed by atoms with E-state index in [0.29, 0.717) is 0 Å². The minimum absolute atomic E-state index is 0.0602. The van der Waals surface area contributed by atoms with E-state index >= 15 is 0 Å². The molecule has 0 aliphatic rings. The Morgan fingerprint density at radius 1 is 2.00 bits per heavy atom. The van der Waals surface area contributed by atoms with Crippen molar-refractivity contribution in [2.45, 2.75) is 6.92 Å². The van der Waals surface area contributed by atoms with Gasteiger partial charge in [0.15, 0.2) is 0 Å². The molecule has 0 aromatic rings. The van der Waals surface area contributed by atoms with Gasteiger partial charge in [-0.1, -0.05) is 0 Å². The Labute approximate surface area is 32.2 Å². The van der Waals surface area contributed by atoms with Crippen LogP contribution >= 0.6 is 0 Å². The minimum atomic E-state index is -0.0602. The van der Waals surface area contributed by atoms with E-state index in [1.54, 1.807) is 6.92 Å². The zero-order valence-electron chi connectivity index (χ0n) is 3.23. The summed E-state index contributed by atoms with van der Waals surface area (Å²) in [5, 5.41) is 7.83. The second-order valence-electron chi connectivity index (χ2n) is 1.03. The van der Waals surface area contributed by atoms with Crippen LogP contribution in [0.2, 0.25) is 0 Å². The van der Waals surface area contributed by atoms with Crippen LogP contribution in [-0.2, 0) is 0 Å². The summed E-state index contributed by atoms with van der Waals surface area (Å²) in [7, 11) is 0. The van der Waals surface area contributed by atoms with Crippen LogP contribution in [0.15, 0.2) is 0 Å². The Kier molecular flexibility index (Phi) is 1.60. The smallest absolute Gasteiger partial charge is 0.0652 e. The summed E-state index contributed by atoms with van der Waals surface area (Å²) in [4.78, 5) is 0. The Morgan fingerprint density at radius 2 is 2.20 bits per heavy atom. The van der Waals surface area contributed by atoms with Crippen LogP contribution in [0.3, 0.4) is 0 Å². The standard InChI is InChI=1S/C4H6N/c1-4(2)3-5/h4H,1H2,2H3. The van der Waals surface area contributed by atoms with Crippen molar-refractivity contribution >= 4 is 0 Å². The second-order valence-corrected chi connectivity index (χ2v) is 1.03. The number of rotatable bonds is 0. The van der Waals surface area contributed by atoms with Gasteiger partial charge in [-0.05, 0) is 13.8 Å². The van der Waals surface area contributed by atoms with Gasteiger partial charge in [-0.3, -0.25) is 0 Å². The Bertz CT molecular complexity index is 49.2. The topological polar surface area (TPSA) is 23.8 Å². The third-order valence-electron chi connectivity index (χ3n) is 0.220. The average molecular weight is 68.1 g/mol. The molecule has 1 unspecified atom stereocenters. The summed E-state index contributed by atoms with van der Waals surface area (Å²) in [6.07, 6.45) is 0. The van der Waals surface area contributed by atoms with Crippen molar-refractivity contribution in [3.63, 3.8) is 0 Å². The van der Waals surface area contributed by atoms with Gasteiger partial charge in [0, 0.05) is 5.92 Å². The molecule has 0 heterocycles. The summed E-state index contributed by atoms with van der Waals surface area (Å²) < 4.78 is 0. The second kappa shape index (κ2) is 1.78. The minimum Gasteiger partial charge on any atom is -0.198 e. The monoisotopic (exact) mass is 68.1 g/mol. The average Bonchev–Trinajstić information content (AvgIpc) is 1.38. The maximum atomic E-state index is 7.83. The number of hydrogen-bond donors (Lipinski definition) is 0. The summed E-state index contributed by atoms with van der Waals surface area (Å²) in [5.74, 6) is -0.0602. The third-order valence-corrected chi connectivity index (χ3v) is 0.220. The van der Waals surface area contributed by atoms with Crippen molar-refractivity contribution in [1.29, 1.82) is 5.26 Å². The van der Waals surface area contributed by atoms with Crippen molar-refractivity contribution in [1.82, 2.24) is 0 Å². The van der Waals surface area contributed by atoms with Crippen molar-refractivity contribution in [3.8, 4) is 6.07 Å². The lowest BCUT2D eigenvalue weighted by molar-refractivity contribution is 0.953. The molecule has 1 radical (unpaired) electrons. The van der Waals surface area contributed by atoms with Crippen molar-refractivity contribution in [2.75, 3.05) is 0 Å². The van der Waals surface area contributed by atoms with Crippen LogP contribution in [0, 0.1) is 24.2 Å². The highest BCUT2D eigenvalue weighted by Gasteiger charge is 1.79. The van der Waals surface area contributed by atoms with Crippen LogP contribution in [-0.4, -0.2) is 0 Å². The van der Waals surface area contributed by atoms with Gasteiger partial charge < -0.3 is 0 Å². The summed E-state index contributed by atoms with van der Waals surface area (Å²) in [6.45, 7) is 5.15. The summed E-state index contributed by atoms with van der Waals surface area (Å²) in [6, 6.07) is 1.92. The molecule has 0 spiro atoms. The molecule has 0 aliphatic carbocycles. The Balaban J connectivity index is 2.94. The predicted octanol–water partition coefficient (Wildman–Crippen LogP) is 0.980. The van der Waals surface area contributed by atoms with E-state index in [4.69, 9.17) is 5.26 Å². The summed E-state index contributed by atoms with van der Waals surface area (Å²) in [5.41, 5.74) is 0. The van der Waals surface area contributed by atoms with Gasteiger partial charge in [0.25, 0.3) is 0 Å². The van der Waals surface area contributed by atoms with Crippen LogP contribution < -0.4 is 0 Å². The van der Waals surface area contributed by atoms with Gasteiger partial charge in [-0.15, -0.1) is 0 Å². The van der Waals surface area contributed by atoms with E-state index in [9.17, 15) is 0 Å². The van der Waals surface area contributed by atoms with E-state index in [2.05, 4.69) is 6.92 Å². The maximum absolute atomic E-state index is 7.83. The highest BCUT2D eigenvalue weighted by atomic mass is 14.2. The van der Waals surface area contributed by atoms with E-state index in [-0.39, 0.29) is 5.92 Å². The Morgan fingerprint density at radius 3 is 2.20 bits per heavy atom. The molecule has 1 heteroatoms. The zero-order chi connectivity index (χ0) is 4.28. The molecule has 0 fully saturated rings. The van der Waals surface area contributed by atoms with Crippen molar-refractivity contribution in [3.05, 3.63) is 6.92 Å². The lowest BCUT2D eigenvalue weighted by Gasteiger charge is -1.75. The molecule has 0 N–H and O–H groups in total. The van der Waals surface area contributed by atoms with E-state index in [1.807, 2.05) is 6.07 Å². The van der Waals surface area contributed by atoms with Gasteiger partial charge in [-0.25, -0.2) is 0 Å². The zero-order valence-corrected chi connectivity index (χ0v) is 3.23. The molecular formula is C4H6N. The quantitative estimate of drug-likeness (QED) is 0.415. The first kappa shape index (κ1) is 4.49. The summed E-state index contributed by atoms with van der Waals surface area (Å²) >= 11 is 0. The van der Waals surface area contributed by atoms with Crippen LogP contribution in [0.25, 0.3) is 0 Å². The largest absolute Gasteiger partial charge is 0.198 e. The fourth-order valence-corrected chi connectivity index (χ4v) is 0. The molecule has 0 aliphatic heterocycles. The molecule has 27 valence electrons. The molecule has 0 aromatic carbocycles. The van der Waals surface area contributed by atoms with Gasteiger partial charge in [-0.2, -0.15) is 5.26 Å². The maximum Gasteiger partial charge on any atom is 0.0652 e. The first-order valence-corrected chi connectivity index (χ1v) is 1.50. The lowest BCUT2D eigenvalue weighted by Crippen LogP contribution is -1.73. The van der Waals surface area contributed by atoms with E-state index in [1.165, 1.54) is 0 Å². The normalized spacial score (nSPS) is 7.60. The molecule has 5 heavy (non-hydrogen) atoms. The molecule has 0 saturated heterocycles. The van der Waals surface area contributed by atoms with Gasteiger partial charge in [0.05, 0.1) is 6.07 Å². The molecule has 1 atom stereocenters. The highest BCUT2D eigenvalue weighted by Crippen LogP contribution is 1.80. The first-order valence-electron chi connectivity index (χ1n) is 1.50. The van der Waals surface area contributed by atoms with Crippen LogP contribution in [0.5, 0.6) is 0 Å². The molecule has 0 aromatic heterocycles. The molecule has 0 saturated carbocycles. The highest BCUT2D eigenvalue weighted by molar-refractivity contribution is 4.79. The lowest BCUT2D eigenvalue weighted by atomic mass is 10.3. The van der Waals surface area contributed by atoms with Crippen LogP contribution in [0.1, 0.15) is 6.92 Å². The Hall–Kier alpha value is -0.510. The van der Waals surface area contributed by atoms with E-state index < -0.39 is 0 Å². The fraction of sp³-hybridized carbons (Fsp3) is 0.500. The predicted molar refractivity (Wildman–Crippen MR) is 20.1 cm³/mol. The van der Waals surface area contributed by atoms with Gasteiger partial charge >= 0.3 is 0 Å². The fourth-order valence-electron chi connectivity index (χ4n) is 0. The molecule has 1 nitrogen and oxygen atoms in total.